The average molecular weight is 231 g/mol. The summed E-state index contributed by atoms with van der Waals surface area (Å²) >= 11 is 1.49. The summed E-state index contributed by atoms with van der Waals surface area (Å²) in [4.78, 5) is 14.7. The Hall–Kier alpha value is -1.61. The lowest BCUT2D eigenvalue weighted by molar-refractivity contribution is 0.0996. The van der Waals surface area contributed by atoms with E-state index >= 15 is 0 Å². The first-order valence-corrected chi connectivity index (χ1v) is 5.95. The fourth-order valence-corrected chi connectivity index (χ4v) is 2.41. The third-order valence-corrected chi connectivity index (χ3v) is 3.51. The summed E-state index contributed by atoms with van der Waals surface area (Å²) in [5.74, 6) is 0.0544. The maximum absolute atomic E-state index is 12.2. The zero-order valence-electron chi connectivity index (χ0n) is 9.31. The molecule has 0 saturated carbocycles. The standard InChI is InChI=1S/C13H13NOS/c1-10-8-9-16-12(10)13(15)14(2)11-6-4-3-5-7-11/h3-9H,1-2H3. The van der Waals surface area contributed by atoms with Gasteiger partial charge >= 0.3 is 0 Å². The van der Waals surface area contributed by atoms with Crippen LogP contribution in [0.3, 0.4) is 0 Å². The first-order valence-electron chi connectivity index (χ1n) is 5.07. The predicted molar refractivity (Wildman–Crippen MR) is 68.2 cm³/mol. The summed E-state index contributed by atoms with van der Waals surface area (Å²) < 4.78 is 0. The van der Waals surface area contributed by atoms with Crippen molar-refractivity contribution in [3.63, 3.8) is 0 Å². The first-order chi connectivity index (χ1) is 7.70. The monoisotopic (exact) mass is 231 g/mol. The van der Waals surface area contributed by atoms with Gasteiger partial charge in [0.15, 0.2) is 0 Å². The quantitative estimate of drug-likeness (QED) is 0.776. The maximum atomic E-state index is 12.2. The Balaban J connectivity index is 2.27. The Morgan fingerprint density at radius 1 is 1.19 bits per heavy atom. The van der Waals surface area contributed by atoms with Crippen LogP contribution in [0.25, 0.3) is 0 Å². The van der Waals surface area contributed by atoms with Gasteiger partial charge in [0.25, 0.3) is 5.91 Å². The van der Waals surface area contributed by atoms with E-state index in [4.69, 9.17) is 0 Å². The van der Waals surface area contributed by atoms with Crippen LogP contribution in [0.15, 0.2) is 41.8 Å². The van der Waals surface area contributed by atoms with Crippen LogP contribution >= 0.6 is 11.3 Å². The summed E-state index contributed by atoms with van der Waals surface area (Å²) in [5.41, 5.74) is 1.96. The van der Waals surface area contributed by atoms with Crippen LogP contribution in [0.5, 0.6) is 0 Å². The third kappa shape index (κ3) is 1.99. The van der Waals surface area contributed by atoms with Crippen LogP contribution < -0.4 is 4.90 Å². The van der Waals surface area contributed by atoms with Gasteiger partial charge in [0.2, 0.25) is 0 Å². The molecule has 0 unspecified atom stereocenters. The molecule has 1 amide bonds. The molecule has 16 heavy (non-hydrogen) atoms. The van der Waals surface area contributed by atoms with Crippen molar-refractivity contribution in [2.45, 2.75) is 6.92 Å². The van der Waals surface area contributed by atoms with E-state index in [1.54, 1.807) is 11.9 Å². The highest BCUT2D eigenvalue weighted by Gasteiger charge is 2.16. The Labute approximate surface area is 99.1 Å². The predicted octanol–water partition coefficient (Wildman–Crippen LogP) is 3.33. The molecule has 0 aliphatic rings. The van der Waals surface area contributed by atoms with Crippen molar-refractivity contribution in [3.05, 3.63) is 52.2 Å². The van der Waals surface area contributed by atoms with Crippen LogP contribution in [0.2, 0.25) is 0 Å². The zero-order valence-corrected chi connectivity index (χ0v) is 10.1. The van der Waals surface area contributed by atoms with Gasteiger partial charge in [-0.3, -0.25) is 4.79 Å². The number of aryl methyl sites for hydroxylation is 1. The van der Waals surface area contributed by atoms with Crippen LogP contribution in [0, 0.1) is 6.92 Å². The van der Waals surface area contributed by atoms with E-state index in [-0.39, 0.29) is 5.91 Å². The molecule has 3 heteroatoms. The average Bonchev–Trinajstić information content (AvgIpc) is 2.75. The van der Waals surface area contributed by atoms with Crippen LogP contribution in [0.1, 0.15) is 15.2 Å². The molecule has 0 bridgehead atoms. The topological polar surface area (TPSA) is 20.3 Å². The molecule has 0 saturated heterocycles. The summed E-state index contributed by atoms with van der Waals surface area (Å²) in [6.45, 7) is 1.96. The SMILES string of the molecule is Cc1ccsc1C(=O)N(C)c1ccccc1. The van der Waals surface area contributed by atoms with E-state index in [1.807, 2.05) is 48.7 Å². The minimum absolute atomic E-state index is 0.0544. The van der Waals surface area contributed by atoms with Crippen LogP contribution in [0.4, 0.5) is 5.69 Å². The molecule has 82 valence electrons. The molecule has 2 nitrogen and oxygen atoms in total. The van der Waals surface area contributed by atoms with Gasteiger partial charge in [0.05, 0.1) is 4.88 Å². The summed E-state index contributed by atoms with van der Waals surface area (Å²) in [6, 6.07) is 11.6. The van der Waals surface area contributed by atoms with Crippen molar-refractivity contribution in [2.24, 2.45) is 0 Å². The van der Waals surface area contributed by atoms with Gasteiger partial charge in [-0.25, -0.2) is 0 Å². The molecule has 0 N–H and O–H groups in total. The van der Waals surface area contributed by atoms with Crippen molar-refractivity contribution in [1.82, 2.24) is 0 Å². The number of hydrogen-bond acceptors (Lipinski definition) is 2. The molecule has 2 aromatic rings. The molecule has 0 aliphatic carbocycles. The molecule has 0 fully saturated rings. The number of rotatable bonds is 2. The number of anilines is 1. The molecule has 0 radical (unpaired) electrons. The molecule has 1 aromatic heterocycles. The highest BCUT2D eigenvalue weighted by molar-refractivity contribution is 7.12. The van der Waals surface area contributed by atoms with Crippen molar-refractivity contribution >= 4 is 22.9 Å². The zero-order chi connectivity index (χ0) is 11.5. The number of carbonyl (C=O) groups excluding carboxylic acids is 1. The van der Waals surface area contributed by atoms with E-state index in [2.05, 4.69) is 0 Å². The van der Waals surface area contributed by atoms with E-state index in [0.717, 1.165) is 16.1 Å². The minimum Gasteiger partial charge on any atom is -0.311 e. The Morgan fingerprint density at radius 2 is 1.88 bits per heavy atom. The largest absolute Gasteiger partial charge is 0.311 e. The van der Waals surface area contributed by atoms with Crippen molar-refractivity contribution < 1.29 is 4.79 Å². The number of thiophene rings is 1. The number of carbonyl (C=O) groups is 1. The molecule has 2 rings (SSSR count). The van der Waals surface area contributed by atoms with Gasteiger partial charge < -0.3 is 4.90 Å². The second-order valence-electron chi connectivity index (χ2n) is 3.63. The lowest BCUT2D eigenvalue weighted by atomic mass is 10.2. The van der Waals surface area contributed by atoms with Gasteiger partial charge in [-0.05, 0) is 36.1 Å². The first kappa shape index (κ1) is 10.9. The second-order valence-corrected chi connectivity index (χ2v) is 4.55. The van der Waals surface area contributed by atoms with E-state index in [9.17, 15) is 4.79 Å². The van der Waals surface area contributed by atoms with Crippen molar-refractivity contribution in [1.29, 1.82) is 0 Å². The number of para-hydroxylation sites is 1. The summed E-state index contributed by atoms with van der Waals surface area (Å²) in [7, 11) is 1.80. The molecule has 0 aliphatic heterocycles. The Kier molecular flexibility index (Phi) is 3.06. The van der Waals surface area contributed by atoms with E-state index in [0.29, 0.717) is 0 Å². The number of benzene rings is 1. The number of amides is 1. The second kappa shape index (κ2) is 4.49. The van der Waals surface area contributed by atoms with Gasteiger partial charge in [0, 0.05) is 12.7 Å². The molecule has 0 spiro atoms. The van der Waals surface area contributed by atoms with Gasteiger partial charge in [-0.1, -0.05) is 18.2 Å². The third-order valence-electron chi connectivity index (χ3n) is 2.50. The number of hydrogen-bond donors (Lipinski definition) is 0. The molecular formula is C13H13NOS. The fourth-order valence-electron chi connectivity index (χ4n) is 1.51. The Morgan fingerprint density at radius 3 is 2.44 bits per heavy atom. The minimum atomic E-state index is 0.0544. The molecule has 1 heterocycles. The van der Waals surface area contributed by atoms with Gasteiger partial charge in [0.1, 0.15) is 0 Å². The highest BCUT2D eigenvalue weighted by atomic mass is 32.1. The van der Waals surface area contributed by atoms with Crippen LogP contribution in [-0.2, 0) is 0 Å². The number of nitrogens with zero attached hydrogens (tertiary/aromatic N) is 1. The fraction of sp³-hybridized carbons (Fsp3) is 0.154. The van der Waals surface area contributed by atoms with Crippen LogP contribution in [-0.4, -0.2) is 13.0 Å². The normalized spacial score (nSPS) is 10.1. The summed E-state index contributed by atoms with van der Waals surface area (Å²) in [5, 5.41) is 1.95. The van der Waals surface area contributed by atoms with E-state index in [1.165, 1.54) is 11.3 Å². The van der Waals surface area contributed by atoms with Gasteiger partial charge in [-0.15, -0.1) is 11.3 Å². The van der Waals surface area contributed by atoms with Gasteiger partial charge in [-0.2, -0.15) is 0 Å². The summed E-state index contributed by atoms with van der Waals surface area (Å²) in [6.07, 6.45) is 0. The van der Waals surface area contributed by atoms with Crippen molar-refractivity contribution in [3.8, 4) is 0 Å². The molecular weight excluding hydrogens is 218 g/mol. The molecule has 1 aromatic carbocycles. The van der Waals surface area contributed by atoms with E-state index < -0.39 is 0 Å². The molecule has 0 atom stereocenters. The van der Waals surface area contributed by atoms with Crippen molar-refractivity contribution in [2.75, 3.05) is 11.9 Å². The smallest absolute Gasteiger partial charge is 0.268 e. The Bertz CT molecular complexity index is 490. The maximum Gasteiger partial charge on any atom is 0.268 e. The highest BCUT2D eigenvalue weighted by Crippen LogP contribution is 2.20. The lowest BCUT2D eigenvalue weighted by Gasteiger charge is -2.16. The lowest BCUT2D eigenvalue weighted by Crippen LogP contribution is -2.25.